The number of aromatic nitrogens is 1. The number of carbonyl (C=O) groups excluding carboxylic acids is 1. The molecule has 6 rings (SSSR count). The Labute approximate surface area is 238 Å². The molecule has 3 atom stereocenters. The zero-order valence-electron chi connectivity index (χ0n) is 22.6. The number of alkyl halides is 1. The minimum absolute atomic E-state index is 0.0772. The van der Waals surface area contributed by atoms with E-state index in [1.165, 1.54) is 12.1 Å². The monoisotopic (exact) mass is 579 g/mol. The minimum Gasteiger partial charge on any atom is -0.440 e. The summed E-state index contributed by atoms with van der Waals surface area (Å²) in [5, 5.41) is 9.56. The Bertz CT molecular complexity index is 1580. The number of sulfone groups is 1. The largest absolute Gasteiger partial charge is 0.440 e. The molecule has 3 fully saturated rings. The Morgan fingerprint density at radius 1 is 1.05 bits per heavy atom. The molecule has 0 amide bonds. The van der Waals surface area contributed by atoms with Crippen molar-refractivity contribution in [3.8, 4) is 28.8 Å². The Hall–Kier alpha value is -3.58. The number of hydrogen-bond donors (Lipinski definition) is 0. The summed E-state index contributed by atoms with van der Waals surface area (Å²) in [7, 11) is -3.00. The van der Waals surface area contributed by atoms with Crippen molar-refractivity contribution in [2.75, 3.05) is 29.5 Å². The van der Waals surface area contributed by atoms with Crippen LogP contribution in [0.15, 0.2) is 52.9 Å². The van der Waals surface area contributed by atoms with E-state index in [1.807, 2.05) is 29.2 Å². The molecule has 0 bridgehead atoms. The van der Waals surface area contributed by atoms with Gasteiger partial charge in [0.1, 0.15) is 29.2 Å². The van der Waals surface area contributed by atoms with Gasteiger partial charge in [-0.05, 0) is 68.5 Å². The fourth-order valence-electron chi connectivity index (χ4n) is 6.04. The van der Waals surface area contributed by atoms with Gasteiger partial charge in [0.25, 0.3) is 0 Å². The van der Waals surface area contributed by atoms with Crippen LogP contribution in [0.3, 0.4) is 0 Å². The lowest BCUT2D eigenvalue weighted by molar-refractivity contribution is -0.126. The van der Waals surface area contributed by atoms with E-state index in [9.17, 15) is 27.3 Å². The first-order valence-corrected chi connectivity index (χ1v) is 15.9. The minimum atomic E-state index is -3.00. The van der Waals surface area contributed by atoms with Crippen LogP contribution in [0.2, 0.25) is 0 Å². The average molecular weight is 580 g/mol. The summed E-state index contributed by atoms with van der Waals surface area (Å²) in [4.78, 5) is 20.3. The highest BCUT2D eigenvalue weighted by Gasteiger charge is 2.48. The van der Waals surface area contributed by atoms with Crippen molar-refractivity contribution in [2.24, 2.45) is 11.3 Å². The molecule has 1 saturated heterocycles. The summed E-state index contributed by atoms with van der Waals surface area (Å²) in [5.74, 6) is -0.540. The molecule has 41 heavy (non-hydrogen) atoms. The van der Waals surface area contributed by atoms with E-state index in [2.05, 4.69) is 6.07 Å². The molecular formula is C31H31F2N3O4S. The Balaban J connectivity index is 1.36. The van der Waals surface area contributed by atoms with E-state index in [4.69, 9.17) is 9.40 Å². The number of anilines is 1. The Morgan fingerprint density at radius 3 is 2.34 bits per heavy atom. The molecule has 214 valence electrons. The van der Waals surface area contributed by atoms with Crippen molar-refractivity contribution in [1.82, 2.24) is 4.98 Å². The number of nitrogens with zero attached hydrogens (tertiary/aromatic N) is 3. The fraction of sp³-hybridized carbons (Fsp3) is 0.452. The maximum atomic E-state index is 14.7. The van der Waals surface area contributed by atoms with Gasteiger partial charge in [-0.2, -0.15) is 5.26 Å². The Morgan fingerprint density at radius 2 is 1.71 bits per heavy atom. The van der Waals surface area contributed by atoms with E-state index in [-0.39, 0.29) is 41.8 Å². The second-order valence-electron chi connectivity index (χ2n) is 11.6. The molecule has 0 spiro atoms. The molecule has 0 N–H and O–H groups in total. The van der Waals surface area contributed by atoms with Gasteiger partial charge in [0.15, 0.2) is 9.84 Å². The van der Waals surface area contributed by atoms with Crippen molar-refractivity contribution in [2.45, 2.75) is 50.6 Å². The lowest BCUT2D eigenvalue weighted by Gasteiger charge is -2.32. The molecule has 10 heteroatoms. The van der Waals surface area contributed by atoms with Gasteiger partial charge in [-0.25, -0.2) is 22.2 Å². The maximum absolute atomic E-state index is 14.7. The number of Topliss-reactive ketones (excluding diaryl/α,β-unsaturated/α-hetero) is 1. The molecule has 2 heterocycles. The molecule has 3 aromatic rings. The molecule has 3 aliphatic rings. The van der Waals surface area contributed by atoms with Crippen molar-refractivity contribution < 1.29 is 26.4 Å². The molecule has 1 aliphatic heterocycles. The van der Waals surface area contributed by atoms with Gasteiger partial charge < -0.3 is 9.32 Å². The van der Waals surface area contributed by atoms with E-state index < -0.39 is 33.3 Å². The van der Waals surface area contributed by atoms with Gasteiger partial charge in [-0.15, -0.1) is 0 Å². The molecule has 7 nitrogen and oxygen atoms in total. The zero-order valence-corrected chi connectivity index (χ0v) is 23.4. The van der Waals surface area contributed by atoms with Crippen LogP contribution in [0.25, 0.3) is 22.7 Å². The van der Waals surface area contributed by atoms with Gasteiger partial charge in [0, 0.05) is 48.2 Å². The molecule has 1 aromatic heterocycles. The normalized spacial score (nSPS) is 24.9. The number of nitriles is 1. The summed E-state index contributed by atoms with van der Waals surface area (Å²) in [6, 6.07) is 15.7. The van der Waals surface area contributed by atoms with Crippen LogP contribution >= 0.6 is 0 Å². The summed E-state index contributed by atoms with van der Waals surface area (Å²) < 4.78 is 58.4. The number of ketones is 1. The first-order valence-electron chi connectivity index (χ1n) is 14.1. The second-order valence-corrected chi connectivity index (χ2v) is 13.9. The van der Waals surface area contributed by atoms with Gasteiger partial charge in [0.2, 0.25) is 5.89 Å². The summed E-state index contributed by atoms with van der Waals surface area (Å²) in [5.41, 5.74) is 2.13. The van der Waals surface area contributed by atoms with Crippen LogP contribution in [0.1, 0.15) is 50.2 Å². The lowest BCUT2D eigenvalue weighted by atomic mass is 9.72. The SMILES string of the molecule is N#CC1(CC(=O)[C@@H]2C[C@@H](F)CC[C@H]2c2oc(-c3ccc(F)cc3)nc2-c2ccc(N3CCS(=O)(=O)CC3)cc2)CC1. The first-order chi connectivity index (χ1) is 19.7. The molecule has 0 unspecified atom stereocenters. The third kappa shape index (κ3) is 5.78. The van der Waals surface area contributed by atoms with Crippen LogP contribution in [0.5, 0.6) is 0 Å². The quantitative estimate of drug-likeness (QED) is 0.345. The van der Waals surface area contributed by atoms with Crippen molar-refractivity contribution >= 4 is 21.3 Å². The van der Waals surface area contributed by atoms with Gasteiger partial charge in [-0.3, -0.25) is 4.79 Å². The van der Waals surface area contributed by atoms with Crippen LogP contribution in [-0.4, -0.2) is 50.0 Å². The number of benzene rings is 2. The van der Waals surface area contributed by atoms with E-state index in [1.54, 1.807) is 12.1 Å². The van der Waals surface area contributed by atoms with Gasteiger partial charge in [0.05, 0.1) is 23.0 Å². The number of rotatable bonds is 7. The lowest BCUT2D eigenvalue weighted by Crippen LogP contribution is -2.40. The highest BCUT2D eigenvalue weighted by molar-refractivity contribution is 7.91. The Kier molecular flexibility index (Phi) is 7.18. The number of carbonyl (C=O) groups is 1. The molecular weight excluding hydrogens is 548 g/mol. The molecule has 0 radical (unpaired) electrons. The maximum Gasteiger partial charge on any atom is 0.226 e. The zero-order chi connectivity index (χ0) is 28.8. The predicted octanol–water partition coefficient (Wildman–Crippen LogP) is 5.87. The number of hydrogen-bond acceptors (Lipinski definition) is 7. The predicted molar refractivity (Wildman–Crippen MR) is 150 cm³/mol. The number of halogens is 2. The van der Waals surface area contributed by atoms with E-state index in [0.29, 0.717) is 55.8 Å². The van der Waals surface area contributed by atoms with Crippen LogP contribution in [0.4, 0.5) is 14.5 Å². The summed E-state index contributed by atoms with van der Waals surface area (Å²) >= 11 is 0. The topological polar surface area (TPSA) is 104 Å². The van der Waals surface area contributed by atoms with Crippen LogP contribution in [0, 0.1) is 28.5 Å². The summed E-state index contributed by atoms with van der Waals surface area (Å²) in [6.07, 6.45) is 1.16. The first kappa shape index (κ1) is 27.6. The van der Waals surface area contributed by atoms with Crippen molar-refractivity contribution in [3.63, 3.8) is 0 Å². The summed E-state index contributed by atoms with van der Waals surface area (Å²) in [6.45, 7) is 0.845. The molecule has 2 aliphatic carbocycles. The van der Waals surface area contributed by atoms with Gasteiger partial charge >= 0.3 is 0 Å². The third-order valence-electron chi connectivity index (χ3n) is 8.73. The van der Waals surface area contributed by atoms with Crippen LogP contribution in [-0.2, 0) is 14.6 Å². The average Bonchev–Trinajstić information content (AvgIpc) is 3.60. The second kappa shape index (κ2) is 10.7. The van der Waals surface area contributed by atoms with Crippen molar-refractivity contribution in [3.05, 3.63) is 60.1 Å². The van der Waals surface area contributed by atoms with Crippen LogP contribution < -0.4 is 4.90 Å². The third-order valence-corrected chi connectivity index (χ3v) is 10.3. The molecule has 2 aromatic carbocycles. The standard InChI is InChI=1S/C31H31F2N3O4S/c32-22-5-1-21(2-6-22)30-35-28(20-3-8-24(9-4-20)36-13-15-41(38,39)16-14-36)29(40-30)25-10-7-23(33)17-26(25)27(37)18-31(19-34)11-12-31/h1-6,8-9,23,25-26H,7,10-18H2/t23-,25+,26+/m0/s1. The highest BCUT2D eigenvalue weighted by atomic mass is 32.2. The number of oxazole rings is 1. The smallest absolute Gasteiger partial charge is 0.226 e. The van der Waals surface area contributed by atoms with Crippen molar-refractivity contribution in [1.29, 1.82) is 5.26 Å². The van der Waals surface area contributed by atoms with E-state index in [0.717, 1.165) is 11.3 Å². The van der Waals surface area contributed by atoms with E-state index >= 15 is 0 Å². The highest BCUT2D eigenvalue weighted by Crippen LogP contribution is 2.51. The van der Waals surface area contributed by atoms with Gasteiger partial charge in [-0.1, -0.05) is 12.1 Å². The fourth-order valence-corrected chi connectivity index (χ4v) is 7.24. The molecule has 2 saturated carbocycles.